The molecule has 7 nitrogen and oxygen atoms in total. The summed E-state index contributed by atoms with van der Waals surface area (Å²) < 4.78 is 5.34. The van der Waals surface area contributed by atoms with Crippen molar-refractivity contribution in [3.63, 3.8) is 0 Å². The first kappa shape index (κ1) is 13.5. The van der Waals surface area contributed by atoms with Gasteiger partial charge in [0.2, 0.25) is 11.8 Å². The summed E-state index contributed by atoms with van der Waals surface area (Å²) in [6.45, 7) is 2.12. The van der Waals surface area contributed by atoms with Gasteiger partial charge in [-0.2, -0.15) is 5.10 Å². The van der Waals surface area contributed by atoms with Crippen LogP contribution in [0.5, 0.6) is 0 Å². The van der Waals surface area contributed by atoms with Crippen molar-refractivity contribution in [3.8, 4) is 10.6 Å². The zero-order chi connectivity index (χ0) is 14.7. The highest BCUT2D eigenvalue weighted by Crippen LogP contribution is 2.25. The first-order valence-electron chi connectivity index (χ1n) is 6.44. The standard InChI is InChI=1S/C13H13N5O2S/c1-2-10-16-17-11(20-10)7-14-13(19)8-6-15-18-12(8)9-4-3-5-21-9/h3-6H,2,7H2,1H3,(H,14,19)(H,15,18). The molecule has 0 saturated carbocycles. The highest BCUT2D eigenvalue weighted by molar-refractivity contribution is 7.13. The molecule has 3 aromatic heterocycles. The van der Waals surface area contributed by atoms with E-state index in [1.165, 1.54) is 6.20 Å². The number of carbonyl (C=O) groups excluding carboxylic acids is 1. The van der Waals surface area contributed by atoms with Gasteiger partial charge < -0.3 is 9.73 Å². The predicted molar refractivity (Wildman–Crippen MR) is 76.7 cm³/mol. The Morgan fingerprint density at radius 3 is 3.00 bits per heavy atom. The molecule has 0 atom stereocenters. The van der Waals surface area contributed by atoms with Crippen LogP contribution in [0.4, 0.5) is 0 Å². The number of nitrogens with zero attached hydrogens (tertiary/aromatic N) is 3. The van der Waals surface area contributed by atoms with E-state index in [1.54, 1.807) is 11.3 Å². The van der Waals surface area contributed by atoms with E-state index >= 15 is 0 Å². The Hall–Kier alpha value is -2.48. The smallest absolute Gasteiger partial charge is 0.255 e. The van der Waals surface area contributed by atoms with Gasteiger partial charge in [0.25, 0.3) is 5.91 Å². The third-order valence-electron chi connectivity index (χ3n) is 2.86. The van der Waals surface area contributed by atoms with Crippen LogP contribution in [0, 0.1) is 0 Å². The molecule has 0 unspecified atom stereocenters. The summed E-state index contributed by atoms with van der Waals surface area (Å²) in [4.78, 5) is 13.2. The maximum atomic E-state index is 12.2. The zero-order valence-electron chi connectivity index (χ0n) is 11.3. The average Bonchev–Trinajstić information content (AvgIpc) is 3.24. The molecule has 108 valence electrons. The van der Waals surface area contributed by atoms with Crippen molar-refractivity contribution in [2.75, 3.05) is 0 Å². The Labute approximate surface area is 124 Å². The lowest BCUT2D eigenvalue weighted by molar-refractivity contribution is 0.0948. The summed E-state index contributed by atoms with van der Waals surface area (Å²) in [7, 11) is 0. The number of aromatic amines is 1. The summed E-state index contributed by atoms with van der Waals surface area (Å²) >= 11 is 1.54. The minimum absolute atomic E-state index is 0.195. The molecular formula is C13H13N5O2S. The van der Waals surface area contributed by atoms with E-state index in [9.17, 15) is 4.79 Å². The molecule has 0 saturated heterocycles. The normalized spacial score (nSPS) is 10.7. The molecule has 3 heterocycles. The van der Waals surface area contributed by atoms with Gasteiger partial charge in [0.1, 0.15) is 0 Å². The molecule has 0 spiro atoms. The van der Waals surface area contributed by atoms with Crippen LogP contribution < -0.4 is 5.32 Å². The van der Waals surface area contributed by atoms with Crippen molar-refractivity contribution in [3.05, 3.63) is 41.1 Å². The lowest BCUT2D eigenvalue weighted by Crippen LogP contribution is -2.23. The average molecular weight is 303 g/mol. The Kier molecular flexibility index (Phi) is 3.78. The fraction of sp³-hybridized carbons (Fsp3) is 0.231. The van der Waals surface area contributed by atoms with Gasteiger partial charge in [-0.1, -0.05) is 13.0 Å². The monoisotopic (exact) mass is 303 g/mol. The van der Waals surface area contributed by atoms with E-state index in [1.807, 2.05) is 24.4 Å². The van der Waals surface area contributed by atoms with Crippen LogP contribution >= 0.6 is 11.3 Å². The SMILES string of the molecule is CCc1nnc(CNC(=O)c2cn[nH]c2-c2cccs2)o1. The van der Waals surface area contributed by atoms with E-state index in [2.05, 4.69) is 25.7 Å². The van der Waals surface area contributed by atoms with Gasteiger partial charge in [-0.25, -0.2) is 0 Å². The quantitative estimate of drug-likeness (QED) is 0.751. The van der Waals surface area contributed by atoms with E-state index in [0.29, 0.717) is 29.5 Å². The molecule has 21 heavy (non-hydrogen) atoms. The lowest BCUT2D eigenvalue weighted by Gasteiger charge is -2.02. The molecule has 0 aliphatic carbocycles. The minimum atomic E-state index is -0.233. The molecule has 3 aromatic rings. The molecule has 2 N–H and O–H groups in total. The first-order chi connectivity index (χ1) is 10.3. The second kappa shape index (κ2) is 5.88. The van der Waals surface area contributed by atoms with Crippen molar-refractivity contribution >= 4 is 17.2 Å². The lowest BCUT2D eigenvalue weighted by atomic mass is 10.2. The van der Waals surface area contributed by atoms with Crippen LogP contribution in [-0.4, -0.2) is 26.3 Å². The Morgan fingerprint density at radius 2 is 2.29 bits per heavy atom. The topological polar surface area (TPSA) is 96.7 Å². The van der Waals surface area contributed by atoms with Crippen LogP contribution in [-0.2, 0) is 13.0 Å². The number of thiophene rings is 1. The van der Waals surface area contributed by atoms with Gasteiger partial charge in [-0.15, -0.1) is 21.5 Å². The Balaban J connectivity index is 1.70. The van der Waals surface area contributed by atoms with Crippen molar-refractivity contribution in [1.82, 2.24) is 25.7 Å². The molecular weight excluding hydrogens is 290 g/mol. The van der Waals surface area contributed by atoms with Crippen molar-refractivity contribution in [1.29, 1.82) is 0 Å². The van der Waals surface area contributed by atoms with Crippen LogP contribution in [0.2, 0.25) is 0 Å². The maximum absolute atomic E-state index is 12.2. The van der Waals surface area contributed by atoms with Crippen LogP contribution in [0.1, 0.15) is 29.1 Å². The molecule has 8 heteroatoms. The maximum Gasteiger partial charge on any atom is 0.255 e. The third-order valence-corrected chi connectivity index (χ3v) is 3.75. The summed E-state index contributed by atoms with van der Waals surface area (Å²) in [6.07, 6.45) is 2.18. The van der Waals surface area contributed by atoms with Crippen LogP contribution in [0.25, 0.3) is 10.6 Å². The second-order valence-corrected chi connectivity index (χ2v) is 5.21. The van der Waals surface area contributed by atoms with Crippen molar-refractivity contribution in [2.45, 2.75) is 19.9 Å². The van der Waals surface area contributed by atoms with E-state index in [4.69, 9.17) is 4.42 Å². The molecule has 0 fully saturated rings. The number of H-pyrrole nitrogens is 1. The largest absolute Gasteiger partial charge is 0.423 e. The number of amides is 1. The van der Waals surface area contributed by atoms with Gasteiger partial charge in [-0.05, 0) is 11.4 Å². The van der Waals surface area contributed by atoms with E-state index in [-0.39, 0.29) is 12.5 Å². The van der Waals surface area contributed by atoms with Gasteiger partial charge in [0.15, 0.2) is 0 Å². The van der Waals surface area contributed by atoms with Crippen molar-refractivity contribution in [2.24, 2.45) is 0 Å². The second-order valence-electron chi connectivity index (χ2n) is 4.26. The van der Waals surface area contributed by atoms with Gasteiger partial charge in [-0.3, -0.25) is 9.89 Å². The van der Waals surface area contributed by atoms with Crippen LogP contribution in [0.3, 0.4) is 0 Å². The molecule has 0 aliphatic heterocycles. The number of aromatic nitrogens is 4. The van der Waals surface area contributed by atoms with Crippen molar-refractivity contribution < 1.29 is 9.21 Å². The summed E-state index contributed by atoms with van der Waals surface area (Å²) in [5.41, 5.74) is 1.20. The molecule has 3 rings (SSSR count). The van der Waals surface area contributed by atoms with Gasteiger partial charge in [0.05, 0.1) is 28.9 Å². The molecule has 0 radical (unpaired) electrons. The molecule has 0 aromatic carbocycles. The number of hydrogen-bond acceptors (Lipinski definition) is 6. The predicted octanol–water partition coefficient (Wildman–Crippen LogP) is 2.01. The molecule has 0 aliphatic rings. The Morgan fingerprint density at radius 1 is 1.43 bits per heavy atom. The number of rotatable bonds is 5. The van der Waals surface area contributed by atoms with Gasteiger partial charge >= 0.3 is 0 Å². The summed E-state index contributed by atoms with van der Waals surface area (Å²) in [6, 6.07) is 3.85. The first-order valence-corrected chi connectivity index (χ1v) is 7.32. The third kappa shape index (κ3) is 2.84. The number of hydrogen-bond donors (Lipinski definition) is 2. The highest BCUT2D eigenvalue weighted by Gasteiger charge is 2.16. The summed E-state index contributed by atoms with van der Waals surface area (Å²) in [5.74, 6) is 0.714. The fourth-order valence-corrected chi connectivity index (χ4v) is 2.56. The number of aryl methyl sites for hydroxylation is 1. The van der Waals surface area contributed by atoms with E-state index in [0.717, 1.165) is 4.88 Å². The zero-order valence-corrected chi connectivity index (χ0v) is 12.1. The summed E-state index contributed by atoms with van der Waals surface area (Å²) in [5, 5.41) is 19.2. The minimum Gasteiger partial charge on any atom is -0.423 e. The highest BCUT2D eigenvalue weighted by atomic mass is 32.1. The van der Waals surface area contributed by atoms with Gasteiger partial charge in [0, 0.05) is 6.42 Å². The Bertz CT molecular complexity index is 731. The fourth-order valence-electron chi connectivity index (χ4n) is 1.82. The van der Waals surface area contributed by atoms with E-state index < -0.39 is 0 Å². The number of nitrogens with one attached hydrogen (secondary N) is 2. The van der Waals surface area contributed by atoms with Crippen LogP contribution in [0.15, 0.2) is 28.1 Å². The molecule has 0 bridgehead atoms. The number of carbonyl (C=O) groups is 1. The molecule has 1 amide bonds.